The van der Waals surface area contributed by atoms with Crippen LogP contribution in [0.5, 0.6) is 0 Å². The van der Waals surface area contributed by atoms with Gasteiger partial charge in [0.25, 0.3) is 11.8 Å². The zero-order valence-corrected chi connectivity index (χ0v) is 17.2. The number of halogens is 1. The fraction of sp³-hybridized carbons (Fsp3) is 0.333. The Labute approximate surface area is 180 Å². The van der Waals surface area contributed by atoms with Gasteiger partial charge >= 0.3 is 0 Å². The third-order valence-corrected chi connectivity index (χ3v) is 6.18. The Morgan fingerprint density at radius 3 is 2.39 bits per heavy atom. The molecule has 1 saturated heterocycles. The van der Waals surface area contributed by atoms with E-state index in [1.165, 1.54) is 17.0 Å². The van der Waals surface area contributed by atoms with E-state index in [9.17, 15) is 14.0 Å². The minimum Gasteiger partial charge on any atom is -0.379 e. The molecule has 5 rings (SSSR count). The lowest BCUT2D eigenvalue weighted by Gasteiger charge is -2.28. The van der Waals surface area contributed by atoms with Crippen molar-refractivity contribution in [3.05, 3.63) is 71.2 Å². The average molecular weight is 421 g/mol. The van der Waals surface area contributed by atoms with E-state index in [4.69, 9.17) is 4.74 Å². The molecule has 2 aromatic rings. The first kappa shape index (κ1) is 19.9. The summed E-state index contributed by atoms with van der Waals surface area (Å²) in [4.78, 5) is 32.4. The number of fused-ring (bicyclic) bond motifs is 1. The number of carbonyl (C=O) groups is 2. The van der Waals surface area contributed by atoms with Crippen LogP contribution in [-0.4, -0.2) is 67.6 Å². The molecule has 0 saturated carbocycles. The maximum atomic E-state index is 13.5. The summed E-state index contributed by atoms with van der Waals surface area (Å²) in [6.45, 7) is 4.48. The number of hydrogen-bond donors (Lipinski definition) is 0. The highest BCUT2D eigenvalue weighted by atomic mass is 19.1. The molecule has 0 bridgehead atoms. The summed E-state index contributed by atoms with van der Waals surface area (Å²) in [5.41, 5.74) is 3.41. The summed E-state index contributed by atoms with van der Waals surface area (Å²) in [5, 5.41) is 0. The molecule has 0 unspecified atom stereocenters. The lowest BCUT2D eigenvalue weighted by atomic mass is 10.0. The number of amides is 2. The number of para-hydroxylation sites is 1. The van der Waals surface area contributed by atoms with Gasteiger partial charge in [0.05, 0.1) is 18.8 Å². The van der Waals surface area contributed by atoms with Gasteiger partial charge in [-0.3, -0.25) is 19.4 Å². The molecular weight excluding hydrogens is 397 g/mol. The Morgan fingerprint density at radius 1 is 0.871 bits per heavy atom. The van der Waals surface area contributed by atoms with Gasteiger partial charge in [0.15, 0.2) is 0 Å². The minimum atomic E-state index is -0.377. The van der Waals surface area contributed by atoms with Gasteiger partial charge in [-0.15, -0.1) is 0 Å². The maximum Gasteiger partial charge on any atom is 0.278 e. The van der Waals surface area contributed by atoms with Crippen LogP contribution in [0.3, 0.4) is 0 Å². The van der Waals surface area contributed by atoms with Crippen LogP contribution in [0.25, 0.3) is 5.57 Å². The van der Waals surface area contributed by atoms with Crippen molar-refractivity contribution < 1.29 is 18.7 Å². The number of ether oxygens (including phenoxy) is 1. The summed E-state index contributed by atoms with van der Waals surface area (Å²) in [6, 6.07) is 13.7. The summed E-state index contributed by atoms with van der Waals surface area (Å²) in [7, 11) is 0. The smallest absolute Gasteiger partial charge is 0.278 e. The molecule has 2 amide bonds. The van der Waals surface area contributed by atoms with E-state index in [-0.39, 0.29) is 17.6 Å². The van der Waals surface area contributed by atoms with E-state index < -0.39 is 0 Å². The van der Waals surface area contributed by atoms with E-state index in [0.29, 0.717) is 49.7 Å². The second kappa shape index (κ2) is 8.24. The van der Waals surface area contributed by atoms with Crippen LogP contribution >= 0.6 is 0 Å². The molecule has 0 aromatic heterocycles. The second-order valence-corrected chi connectivity index (χ2v) is 7.98. The molecule has 0 atom stereocenters. The number of nitrogens with zero attached hydrogens (tertiary/aromatic N) is 3. The third-order valence-electron chi connectivity index (χ3n) is 6.18. The Hall–Kier alpha value is -3.03. The van der Waals surface area contributed by atoms with Gasteiger partial charge in [0.1, 0.15) is 11.5 Å². The molecule has 6 nitrogen and oxygen atoms in total. The van der Waals surface area contributed by atoms with Crippen LogP contribution in [0.1, 0.15) is 11.1 Å². The molecule has 160 valence electrons. The summed E-state index contributed by atoms with van der Waals surface area (Å²) < 4.78 is 18.9. The molecule has 3 aliphatic heterocycles. The Bertz CT molecular complexity index is 1040. The van der Waals surface area contributed by atoms with E-state index >= 15 is 0 Å². The highest BCUT2D eigenvalue weighted by Crippen LogP contribution is 2.38. The number of benzene rings is 2. The maximum absolute atomic E-state index is 13.5. The van der Waals surface area contributed by atoms with Gasteiger partial charge in [0, 0.05) is 38.4 Å². The van der Waals surface area contributed by atoms with Gasteiger partial charge in [-0.1, -0.05) is 30.3 Å². The van der Waals surface area contributed by atoms with E-state index in [0.717, 1.165) is 30.8 Å². The van der Waals surface area contributed by atoms with Crippen LogP contribution in [0.2, 0.25) is 0 Å². The molecule has 0 radical (unpaired) electrons. The highest BCUT2D eigenvalue weighted by molar-refractivity contribution is 6.36. The number of hydrogen-bond acceptors (Lipinski definition) is 5. The van der Waals surface area contributed by atoms with Gasteiger partial charge in [-0.05, 0) is 35.7 Å². The highest BCUT2D eigenvalue weighted by Gasteiger charge is 2.43. The summed E-state index contributed by atoms with van der Waals surface area (Å²) >= 11 is 0. The number of morpholine rings is 1. The Kier molecular flexibility index (Phi) is 5.29. The predicted molar refractivity (Wildman–Crippen MR) is 115 cm³/mol. The van der Waals surface area contributed by atoms with E-state index in [1.54, 1.807) is 12.1 Å². The largest absolute Gasteiger partial charge is 0.379 e. The fourth-order valence-electron chi connectivity index (χ4n) is 4.53. The first-order chi connectivity index (χ1) is 15.1. The van der Waals surface area contributed by atoms with Crippen molar-refractivity contribution in [2.24, 2.45) is 0 Å². The predicted octanol–water partition coefficient (Wildman–Crippen LogP) is 2.30. The van der Waals surface area contributed by atoms with Crippen LogP contribution in [0.4, 0.5) is 10.1 Å². The standard InChI is InChI=1S/C24H24FN3O3/c25-19-7-5-18(6-8-19)21-22(27-10-9-17-3-1-2-4-20(17)27)24(30)28(23(21)29)12-11-26-13-15-31-16-14-26/h1-8H,9-16H2. The summed E-state index contributed by atoms with van der Waals surface area (Å²) in [5.74, 6) is -0.975. The molecule has 0 N–H and O–H groups in total. The quantitative estimate of drug-likeness (QED) is 0.694. The molecule has 0 spiro atoms. The van der Waals surface area contributed by atoms with Crippen LogP contribution in [0, 0.1) is 5.82 Å². The molecule has 2 aromatic carbocycles. The molecule has 31 heavy (non-hydrogen) atoms. The van der Waals surface area contributed by atoms with E-state index in [1.807, 2.05) is 29.2 Å². The zero-order valence-electron chi connectivity index (χ0n) is 17.2. The first-order valence-corrected chi connectivity index (χ1v) is 10.7. The monoisotopic (exact) mass is 421 g/mol. The molecule has 3 heterocycles. The van der Waals surface area contributed by atoms with Crippen molar-refractivity contribution in [3.8, 4) is 0 Å². The Morgan fingerprint density at radius 2 is 1.61 bits per heavy atom. The van der Waals surface area contributed by atoms with Gasteiger partial charge in [-0.25, -0.2) is 4.39 Å². The number of anilines is 1. The van der Waals surface area contributed by atoms with Gasteiger partial charge in [0.2, 0.25) is 0 Å². The third kappa shape index (κ3) is 3.64. The van der Waals surface area contributed by atoms with Crippen molar-refractivity contribution in [1.29, 1.82) is 0 Å². The molecule has 1 fully saturated rings. The number of imide groups is 1. The van der Waals surface area contributed by atoms with Crippen molar-refractivity contribution >= 4 is 23.1 Å². The lowest BCUT2D eigenvalue weighted by Crippen LogP contribution is -2.44. The van der Waals surface area contributed by atoms with Crippen molar-refractivity contribution in [3.63, 3.8) is 0 Å². The topological polar surface area (TPSA) is 53.1 Å². The SMILES string of the molecule is O=C1C(c2ccc(F)cc2)=C(N2CCc3ccccc32)C(=O)N1CCN1CCOCC1. The minimum absolute atomic E-state index is 0.283. The lowest BCUT2D eigenvalue weighted by molar-refractivity contribution is -0.137. The second-order valence-electron chi connectivity index (χ2n) is 7.98. The fourth-order valence-corrected chi connectivity index (χ4v) is 4.53. The van der Waals surface area contributed by atoms with Crippen molar-refractivity contribution in [2.45, 2.75) is 6.42 Å². The molecule has 0 aliphatic carbocycles. The number of carbonyl (C=O) groups excluding carboxylic acids is 2. The van der Waals surface area contributed by atoms with Crippen molar-refractivity contribution in [2.75, 3.05) is 50.8 Å². The van der Waals surface area contributed by atoms with Crippen LogP contribution < -0.4 is 4.90 Å². The molecular formula is C24H24FN3O3. The van der Waals surface area contributed by atoms with Gasteiger partial charge in [-0.2, -0.15) is 0 Å². The van der Waals surface area contributed by atoms with Gasteiger partial charge < -0.3 is 9.64 Å². The zero-order chi connectivity index (χ0) is 21.4. The number of rotatable bonds is 5. The van der Waals surface area contributed by atoms with E-state index in [2.05, 4.69) is 4.90 Å². The normalized spacial score (nSPS) is 19.5. The van der Waals surface area contributed by atoms with Crippen LogP contribution in [0.15, 0.2) is 54.2 Å². The molecule has 3 aliphatic rings. The van der Waals surface area contributed by atoms with Crippen molar-refractivity contribution in [1.82, 2.24) is 9.80 Å². The Balaban J connectivity index is 1.50. The first-order valence-electron chi connectivity index (χ1n) is 10.7. The average Bonchev–Trinajstić information content (AvgIpc) is 3.32. The molecule has 7 heteroatoms. The summed E-state index contributed by atoms with van der Waals surface area (Å²) in [6.07, 6.45) is 0.811. The van der Waals surface area contributed by atoms with Crippen LogP contribution in [-0.2, 0) is 20.7 Å².